The van der Waals surface area contributed by atoms with Crippen LogP contribution in [0.15, 0.2) is 18.2 Å². The van der Waals surface area contributed by atoms with Gasteiger partial charge in [0, 0.05) is 18.5 Å². The van der Waals surface area contributed by atoms with Crippen LogP contribution in [0.3, 0.4) is 0 Å². The van der Waals surface area contributed by atoms with Gasteiger partial charge in [-0.3, -0.25) is 0 Å². The van der Waals surface area contributed by atoms with E-state index in [1.165, 1.54) is 5.56 Å². The van der Waals surface area contributed by atoms with Gasteiger partial charge in [0.15, 0.2) is 11.5 Å². The number of methoxy groups -OCH3 is 1. The van der Waals surface area contributed by atoms with Crippen molar-refractivity contribution in [1.29, 1.82) is 0 Å². The van der Waals surface area contributed by atoms with Crippen LogP contribution in [0.2, 0.25) is 0 Å². The Morgan fingerprint density at radius 1 is 1.56 bits per heavy atom. The van der Waals surface area contributed by atoms with Gasteiger partial charge in [0.2, 0.25) is 0 Å². The van der Waals surface area contributed by atoms with Crippen LogP contribution in [0, 0.1) is 0 Å². The van der Waals surface area contributed by atoms with Crippen LogP contribution in [0.1, 0.15) is 18.1 Å². The second kappa shape index (κ2) is 4.58. The maximum atomic E-state index is 5.71. The smallest absolute Gasteiger partial charge is 0.164 e. The molecule has 3 nitrogen and oxygen atoms in total. The van der Waals surface area contributed by atoms with E-state index < -0.39 is 0 Å². The molecule has 1 aromatic rings. The Hall–Kier alpha value is -1.48. The van der Waals surface area contributed by atoms with Gasteiger partial charge >= 0.3 is 0 Å². The maximum Gasteiger partial charge on any atom is 0.164 e. The van der Waals surface area contributed by atoms with Gasteiger partial charge in [0.25, 0.3) is 0 Å². The van der Waals surface area contributed by atoms with Crippen LogP contribution in [-0.4, -0.2) is 19.8 Å². The fourth-order valence-corrected chi connectivity index (χ4v) is 1.97. The van der Waals surface area contributed by atoms with Gasteiger partial charge in [0.05, 0.1) is 7.11 Å². The van der Waals surface area contributed by atoms with Crippen molar-refractivity contribution < 1.29 is 9.47 Å². The van der Waals surface area contributed by atoms with Crippen molar-refractivity contribution in [3.8, 4) is 11.5 Å². The van der Waals surface area contributed by atoms with Crippen LogP contribution in [-0.2, 0) is 6.42 Å². The lowest BCUT2D eigenvalue weighted by Gasteiger charge is -2.09. The highest BCUT2D eigenvalue weighted by Gasteiger charge is 2.23. The number of fused-ring (bicyclic) bond motifs is 1. The van der Waals surface area contributed by atoms with Crippen molar-refractivity contribution in [1.82, 2.24) is 0 Å². The molecule has 1 aliphatic rings. The number of rotatable bonds is 3. The van der Waals surface area contributed by atoms with Crippen molar-refractivity contribution in [2.75, 3.05) is 13.7 Å². The first-order valence-electron chi connectivity index (χ1n) is 5.48. The van der Waals surface area contributed by atoms with Crippen LogP contribution in [0.25, 0.3) is 6.08 Å². The molecule has 0 aliphatic carbocycles. The Bertz CT molecular complexity index is 413. The van der Waals surface area contributed by atoms with E-state index in [-0.39, 0.29) is 6.10 Å². The summed E-state index contributed by atoms with van der Waals surface area (Å²) in [6, 6.07) is 4.11. The summed E-state index contributed by atoms with van der Waals surface area (Å²) < 4.78 is 11.1. The summed E-state index contributed by atoms with van der Waals surface area (Å²) in [6.45, 7) is 2.61. The molecule has 1 aliphatic heterocycles. The van der Waals surface area contributed by atoms with Gasteiger partial charge in [0.1, 0.15) is 6.10 Å². The molecule has 86 valence electrons. The van der Waals surface area contributed by atoms with Crippen LogP contribution < -0.4 is 15.2 Å². The van der Waals surface area contributed by atoms with E-state index in [2.05, 4.69) is 13.0 Å². The number of nitrogens with two attached hydrogens (primary N) is 1. The van der Waals surface area contributed by atoms with Crippen LogP contribution in [0.5, 0.6) is 11.5 Å². The summed E-state index contributed by atoms with van der Waals surface area (Å²) in [7, 11) is 1.67. The first kappa shape index (κ1) is 11.0. The lowest BCUT2D eigenvalue weighted by Crippen LogP contribution is -2.05. The summed E-state index contributed by atoms with van der Waals surface area (Å²) in [6.07, 6.45) is 5.11. The van der Waals surface area contributed by atoms with Crippen molar-refractivity contribution in [3.05, 3.63) is 29.3 Å². The van der Waals surface area contributed by atoms with E-state index in [1.807, 2.05) is 18.2 Å². The minimum Gasteiger partial charge on any atom is -0.493 e. The molecule has 0 saturated carbocycles. The highest BCUT2D eigenvalue weighted by Crippen LogP contribution is 2.39. The number of benzene rings is 1. The molecule has 3 heteroatoms. The monoisotopic (exact) mass is 219 g/mol. The Morgan fingerprint density at radius 3 is 3.06 bits per heavy atom. The second-order valence-electron chi connectivity index (χ2n) is 3.98. The van der Waals surface area contributed by atoms with Crippen molar-refractivity contribution in [2.24, 2.45) is 5.73 Å². The molecule has 1 unspecified atom stereocenters. The van der Waals surface area contributed by atoms with E-state index in [1.54, 1.807) is 7.11 Å². The van der Waals surface area contributed by atoms with Gasteiger partial charge in [-0.05, 0) is 24.6 Å². The Labute approximate surface area is 95.9 Å². The third kappa shape index (κ3) is 2.04. The third-order valence-electron chi connectivity index (χ3n) is 2.65. The fraction of sp³-hybridized carbons (Fsp3) is 0.385. The van der Waals surface area contributed by atoms with Crippen molar-refractivity contribution in [3.63, 3.8) is 0 Å². The van der Waals surface area contributed by atoms with Crippen LogP contribution >= 0.6 is 0 Å². The largest absolute Gasteiger partial charge is 0.493 e. The Balaban J connectivity index is 2.39. The zero-order chi connectivity index (χ0) is 11.5. The summed E-state index contributed by atoms with van der Waals surface area (Å²) >= 11 is 0. The van der Waals surface area contributed by atoms with E-state index >= 15 is 0 Å². The second-order valence-corrected chi connectivity index (χ2v) is 3.98. The Kier molecular flexibility index (Phi) is 3.15. The van der Waals surface area contributed by atoms with Crippen molar-refractivity contribution in [2.45, 2.75) is 19.4 Å². The molecule has 2 rings (SSSR count). The minimum absolute atomic E-state index is 0.234. The molecule has 0 saturated heterocycles. The van der Waals surface area contributed by atoms with Gasteiger partial charge in [-0.1, -0.05) is 12.2 Å². The van der Waals surface area contributed by atoms with Gasteiger partial charge in [-0.2, -0.15) is 0 Å². The lowest BCUT2D eigenvalue weighted by atomic mass is 10.1. The lowest BCUT2D eigenvalue weighted by molar-refractivity contribution is 0.243. The van der Waals surface area contributed by atoms with Crippen molar-refractivity contribution >= 4 is 6.08 Å². The molecule has 0 bridgehead atoms. The van der Waals surface area contributed by atoms with E-state index in [4.69, 9.17) is 15.2 Å². The molecule has 16 heavy (non-hydrogen) atoms. The number of hydrogen-bond acceptors (Lipinski definition) is 3. The molecule has 1 aromatic carbocycles. The molecule has 2 N–H and O–H groups in total. The molecular weight excluding hydrogens is 202 g/mol. The van der Waals surface area contributed by atoms with E-state index in [0.29, 0.717) is 6.54 Å². The van der Waals surface area contributed by atoms with Gasteiger partial charge in [-0.15, -0.1) is 0 Å². The van der Waals surface area contributed by atoms with E-state index in [0.717, 1.165) is 23.5 Å². The first-order chi connectivity index (χ1) is 7.74. The highest BCUT2D eigenvalue weighted by atomic mass is 16.5. The average molecular weight is 219 g/mol. The molecule has 0 spiro atoms. The average Bonchev–Trinajstić information content (AvgIpc) is 2.65. The third-order valence-corrected chi connectivity index (χ3v) is 2.65. The Morgan fingerprint density at radius 2 is 2.38 bits per heavy atom. The quantitative estimate of drug-likeness (QED) is 0.845. The number of hydrogen-bond donors (Lipinski definition) is 1. The highest BCUT2D eigenvalue weighted by molar-refractivity contribution is 5.60. The minimum atomic E-state index is 0.234. The summed E-state index contributed by atoms with van der Waals surface area (Å²) in [4.78, 5) is 0. The van der Waals surface area contributed by atoms with Crippen LogP contribution in [0.4, 0.5) is 0 Å². The predicted octanol–water partition coefficient (Wildman–Crippen LogP) is 1.99. The van der Waals surface area contributed by atoms with E-state index in [9.17, 15) is 0 Å². The summed E-state index contributed by atoms with van der Waals surface area (Å²) in [5.41, 5.74) is 7.76. The number of ether oxygens (including phenoxy) is 2. The molecular formula is C13H17NO2. The summed E-state index contributed by atoms with van der Waals surface area (Å²) in [5.74, 6) is 1.69. The molecule has 0 radical (unpaired) electrons. The molecule has 1 atom stereocenters. The zero-order valence-electron chi connectivity index (χ0n) is 9.69. The maximum absolute atomic E-state index is 5.71. The normalized spacial score (nSPS) is 18.6. The molecule has 0 amide bonds. The first-order valence-corrected chi connectivity index (χ1v) is 5.48. The van der Waals surface area contributed by atoms with Gasteiger partial charge < -0.3 is 15.2 Å². The molecule has 0 aromatic heterocycles. The van der Waals surface area contributed by atoms with Gasteiger partial charge in [-0.25, -0.2) is 0 Å². The molecule has 1 heterocycles. The topological polar surface area (TPSA) is 44.5 Å². The zero-order valence-corrected chi connectivity index (χ0v) is 9.69. The molecule has 0 fully saturated rings. The summed E-state index contributed by atoms with van der Waals surface area (Å²) in [5, 5.41) is 0. The fourth-order valence-electron chi connectivity index (χ4n) is 1.97. The SMILES string of the molecule is COc1cc(/C=C/CN)cc2c1OC(C)C2. The standard InChI is InChI=1S/C13H17NO2/c1-9-6-11-7-10(4-3-5-14)8-12(15-2)13(11)16-9/h3-4,7-9H,5-6,14H2,1-2H3/b4-3+. The predicted molar refractivity (Wildman–Crippen MR) is 64.9 cm³/mol.